The van der Waals surface area contributed by atoms with Gasteiger partial charge in [0.15, 0.2) is 5.11 Å². The van der Waals surface area contributed by atoms with Crippen molar-refractivity contribution in [2.24, 2.45) is 0 Å². The molecule has 2 N–H and O–H groups in total. The molecule has 2 aromatic carbocycles. The molecule has 136 valence electrons. The Kier molecular flexibility index (Phi) is 6.88. The fourth-order valence-corrected chi connectivity index (χ4v) is 2.46. The minimum absolute atomic E-state index is 0.0102. The number of nitro groups is 1. The van der Waals surface area contributed by atoms with Crippen molar-refractivity contribution in [1.29, 1.82) is 0 Å². The molecule has 0 aliphatic rings. The summed E-state index contributed by atoms with van der Waals surface area (Å²) in [4.78, 5) is 22.6. The number of para-hydroxylation sites is 1. The summed E-state index contributed by atoms with van der Waals surface area (Å²) in [5, 5.41) is 16.1. The van der Waals surface area contributed by atoms with E-state index in [0.29, 0.717) is 23.6 Å². The van der Waals surface area contributed by atoms with Gasteiger partial charge in [0.05, 0.1) is 27.8 Å². The third kappa shape index (κ3) is 5.14. The van der Waals surface area contributed by atoms with Gasteiger partial charge >= 0.3 is 0 Å². The summed E-state index contributed by atoms with van der Waals surface area (Å²) in [5.74, 6) is 0.0234. The van der Waals surface area contributed by atoms with Gasteiger partial charge in [-0.2, -0.15) is 0 Å². The average Bonchev–Trinajstić information content (AvgIpc) is 2.61. The van der Waals surface area contributed by atoms with Gasteiger partial charge in [-0.05, 0) is 36.8 Å². The SMILES string of the molecule is CCCOc1ccccc1C(=O)NC(=S)Nc1ccc([N+](=O)[O-])cc1Cl. The molecule has 1 amide bonds. The van der Waals surface area contributed by atoms with E-state index < -0.39 is 10.8 Å². The molecule has 0 spiro atoms. The maximum atomic E-state index is 12.4. The summed E-state index contributed by atoms with van der Waals surface area (Å²) < 4.78 is 5.55. The number of benzene rings is 2. The molecule has 0 saturated heterocycles. The third-order valence-corrected chi connectivity index (χ3v) is 3.75. The van der Waals surface area contributed by atoms with Gasteiger partial charge in [-0.1, -0.05) is 30.7 Å². The Morgan fingerprint density at radius 1 is 1.31 bits per heavy atom. The van der Waals surface area contributed by atoms with Crippen LogP contribution in [0.5, 0.6) is 5.75 Å². The summed E-state index contributed by atoms with van der Waals surface area (Å²) in [6.45, 7) is 2.46. The van der Waals surface area contributed by atoms with Crippen LogP contribution in [0.2, 0.25) is 5.02 Å². The van der Waals surface area contributed by atoms with E-state index in [2.05, 4.69) is 10.6 Å². The molecule has 0 bridgehead atoms. The van der Waals surface area contributed by atoms with Crippen LogP contribution in [-0.2, 0) is 0 Å². The molecule has 26 heavy (non-hydrogen) atoms. The Morgan fingerprint density at radius 2 is 2.04 bits per heavy atom. The van der Waals surface area contributed by atoms with Crippen LogP contribution in [0.15, 0.2) is 42.5 Å². The minimum Gasteiger partial charge on any atom is -0.493 e. The fraction of sp³-hybridized carbons (Fsp3) is 0.176. The van der Waals surface area contributed by atoms with Gasteiger partial charge < -0.3 is 10.1 Å². The summed E-state index contributed by atoms with van der Waals surface area (Å²) in [6, 6.07) is 10.7. The summed E-state index contributed by atoms with van der Waals surface area (Å²) in [5.41, 5.74) is 0.551. The normalized spacial score (nSPS) is 10.1. The number of ether oxygens (including phenoxy) is 1. The quantitative estimate of drug-likeness (QED) is 0.434. The van der Waals surface area contributed by atoms with E-state index in [4.69, 9.17) is 28.6 Å². The molecule has 7 nitrogen and oxygen atoms in total. The summed E-state index contributed by atoms with van der Waals surface area (Å²) in [6.07, 6.45) is 0.814. The van der Waals surface area contributed by atoms with Crippen LogP contribution in [0, 0.1) is 10.1 Å². The Morgan fingerprint density at radius 3 is 2.69 bits per heavy atom. The maximum Gasteiger partial charge on any atom is 0.271 e. The van der Waals surface area contributed by atoms with Gasteiger partial charge in [0.25, 0.3) is 11.6 Å². The zero-order valence-electron chi connectivity index (χ0n) is 13.8. The van der Waals surface area contributed by atoms with Crippen molar-refractivity contribution in [3.63, 3.8) is 0 Å². The van der Waals surface area contributed by atoms with Crippen molar-refractivity contribution in [3.05, 3.63) is 63.2 Å². The highest BCUT2D eigenvalue weighted by molar-refractivity contribution is 7.80. The van der Waals surface area contributed by atoms with E-state index in [1.54, 1.807) is 24.3 Å². The van der Waals surface area contributed by atoms with Crippen molar-refractivity contribution < 1.29 is 14.5 Å². The molecule has 0 heterocycles. The number of anilines is 1. The number of nitro benzene ring substituents is 1. The van der Waals surface area contributed by atoms with Crippen LogP contribution < -0.4 is 15.4 Å². The molecule has 0 saturated carbocycles. The van der Waals surface area contributed by atoms with Crippen LogP contribution >= 0.6 is 23.8 Å². The van der Waals surface area contributed by atoms with Gasteiger partial charge in [0, 0.05) is 12.1 Å². The molecule has 0 atom stereocenters. The number of halogens is 1. The number of hydrogen-bond donors (Lipinski definition) is 2. The van der Waals surface area contributed by atoms with E-state index in [1.165, 1.54) is 18.2 Å². The van der Waals surface area contributed by atoms with Crippen LogP contribution in [0.3, 0.4) is 0 Å². The first-order valence-corrected chi connectivity index (χ1v) is 8.49. The topological polar surface area (TPSA) is 93.5 Å². The fourth-order valence-electron chi connectivity index (χ4n) is 2.04. The average molecular weight is 394 g/mol. The van der Waals surface area contributed by atoms with Gasteiger partial charge in [-0.3, -0.25) is 20.2 Å². The van der Waals surface area contributed by atoms with E-state index in [9.17, 15) is 14.9 Å². The Labute approximate surface area is 160 Å². The molecule has 0 aromatic heterocycles. The second kappa shape index (κ2) is 9.12. The Bertz CT molecular complexity index is 845. The van der Waals surface area contributed by atoms with Crippen LogP contribution in [0.4, 0.5) is 11.4 Å². The molecule has 0 fully saturated rings. The monoisotopic (exact) mass is 393 g/mol. The predicted octanol–water partition coefficient (Wildman–Crippen LogP) is 4.16. The highest BCUT2D eigenvalue weighted by Gasteiger charge is 2.15. The second-order valence-electron chi connectivity index (χ2n) is 5.17. The first-order chi connectivity index (χ1) is 12.4. The van der Waals surface area contributed by atoms with E-state index in [0.717, 1.165) is 6.42 Å². The molecule has 0 aliphatic carbocycles. The van der Waals surface area contributed by atoms with E-state index >= 15 is 0 Å². The van der Waals surface area contributed by atoms with Crippen molar-refractivity contribution >= 4 is 46.2 Å². The zero-order valence-corrected chi connectivity index (χ0v) is 15.4. The standard InChI is InChI=1S/C17H16ClN3O4S/c1-2-9-25-15-6-4-3-5-12(15)16(22)20-17(26)19-14-8-7-11(21(23)24)10-13(14)18/h3-8,10H,2,9H2,1H3,(H2,19,20,22,26). The lowest BCUT2D eigenvalue weighted by Crippen LogP contribution is -2.34. The lowest BCUT2D eigenvalue weighted by atomic mass is 10.2. The lowest BCUT2D eigenvalue weighted by molar-refractivity contribution is -0.384. The zero-order chi connectivity index (χ0) is 19.1. The number of nitrogens with one attached hydrogen (secondary N) is 2. The van der Waals surface area contributed by atoms with Crippen molar-refractivity contribution in [3.8, 4) is 5.75 Å². The molecule has 2 aromatic rings. The number of thiocarbonyl (C=S) groups is 1. The molecule has 0 radical (unpaired) electrons. The molecule has 0 aliphatic heterocycles. The van der Waals surface area contributed by atoms with Crippen LogP contribution in [0.25, 0.3) is 0 Å². The maximum absolute atomic E-state index is 12.4. The number of amides is 1. The van der Waals surface area contributed by atoms with Gasteiger partial charge in [0.1, 0.15) is 5.75 Å². The number of carbonyl (C=O) groups is 1. The first kappa shape index (κ1) is 19.6. The number of nitrogens with zero attached hydrogens (tertiary/aromatic N) is 1. The lowest BCUT2D eigenvalue weighted by Gasteiger charge is -2.13. The van der Waals surface area contributed by atoms with Crippen molar-refractivity contribution in [1.82, 2.24) is 5.32 Å². The van der Waals surface area contributed by atoms with Gasteiger partial charge in [-0.15, -0.1) is 0 Å². The first-order valence-electron chi connectivity index (χ1n) is 7.70. The molecule has 2 rings (SSSR count). The molecule has 0 unspecified atom stereocenters. The summed E-state index contributed by atoms with van der Waals surface area (Å²) >= 11 is 11.1. The van der Waals surface area contributed by atoms with Crippen molar-refractivity contribution in [2.45, 2.75) is 13.3 Å². The van der Waals surface area contributed by atoms with E-state index in [1.807, 2.05) is 6.92 Å². The molecule has 9 heteroatoms. The van der Waals surface area contributed by atoms with Gasteiger partial charge in [-0.25, -0.2) is 0 Å². The second-order valence-corrected chi connectivity index (χ2v) is 5.99. The number of rotatable bonds is 6. The van der Waals surface area contributed by atoms with E-state index in [-0.39, 0.29) is 15.8 Å². The number of non-ortho nitro benzene ring substituents is 1. The predicted molar refractivity (Wildman–Crippen MR) is 104 cm³/mol. The van der Waals surface area contributed by atoms with Crippen molar-refractivity contribution in [2.75, 3.05) is 11.9 Å². The highest BCUT2D eigenvalue weighted by atomic mass is 35.5. The van der Waals surface area contributed by atoms with Gasteiger partial charge in [0.2, 0.25) is 0 Å². The Hall–Kier alpha value is -2.71. The van der Waals surface area contributed by atoms with Crippen LogP contribution in [0.1, 0.15) is 23.7 Å². The highest BCUT2D eigenvalue weighted by Crippen LogP contribution is 2.26. The number of carbonyl (C=O) groups excluding carboxylic acids is 1. The number of hydrogen-bond acceptors (Lipinski definition) is 5. The Balaban J connectivity index is 2.06. The minimum atomic E-state index is -0.553. The summed E-state index contributed by atoms with van der Waals surface area (Å²) in [7, 11) is 0. The van der Waals surface area contributed by atoms with Crippen LogP contribution in [-0.4, -0.2) is 22.5 Å². The largest absolute Gasteiger partial charge is 0.493 e. The molecular formula is C17H16ClN3O4S. The molecular weight excluding hydrogens is 378 g/mol. The third-order valence-electron chi connectivity index (χ3n) is 3.23. The smallest absolute Gasteiger partial charge is 0.271 e.